The van der Waals surface area contributed by atoms with E-state index < -0.39 is 12.3 Å². The van der Waals surface area contributed by atoms with Crippen LogP contribution in [0.1, 0.15) is 16.7 Å². The van der Waals surface area contributed by atoms with Crippen LogP contribution in [0.2, 0.25) is 0 Å². The van der Waals surface area contributed by atoms with Gasteiger partial charge in [0, 0.05) is 0 Å². The van der Waals surface area contributed by atoms with Crippen molar-refractivity contribution in [3.63, 3.8) is 0 Å². The van der Waals surface area contributed by atoms with Crippen LogP contribution in [0.15, 0.2) is 57.7 Å². The van der Waals surface area contributed by atoms with Gasteiger partial charge in [-0.3, -0.25) is 0 Å². The van der Waals surface area contributed by atoms with Crippen LogP contribution in [0, 0.1) is 20.8 Å². The minimum atomic E-state index is -1.51. The average molecular weight is 480 g/mol. The third-order valence-electron chi connectivity index (χ3n) is 5.68. The average Bonchev–Trinajstić information content (AvgIpc) is 3.26. The summed E-state index contributed by atoms with van der Waals surface area (Å²) >= 11 is -1.51. The van der Waals surface area contributed by atoms with E-state index in [0.717, 1.165) is 43.7 Å². The Balaban J connectivity index is 1.97. The summed E-state index contributed by atoms with van der Waals surface area (Å²) in [5.74, 6) is 3.09. The van der Waals surface area contributed by atoms with Gasteiger partial charge in [0.2, 0.25) is 0 Å². The Morgan fingerprint density at radius 1 is 0.931 bits per heavy atom. The first kappa shape index (κ1) is 19.4. The zero-order chi connectivity index (χ0) is 20.1. The van der Waals surface area contributed by atoms with Crippen molar-refractivity contribution in [2.24, 2.45) is 0 Å². The Morgan fingerprint density at radius 3 is 2.38 bits per heavy atom. The van der Waals surface area contributed by atoms with Gasteiger partial charge in [-0.05, 0) is 0 Å². The third kappa shape index (κ3) is 3.17. The number of hydrogen-bond acceptors (Lipinski definition) is 4. The Morgan fingerprint density at radius 2 is 1.66 bits per heavy atom. The number of rotatable bonds is 2. The van der Waals surface area contributed by atoms with Crippen LogP contribution < -0.4 is 9.78 Å². The summed E-state index contributed by atoms with van der Waals surface area (Å²) < 4.78 is 7.57. The van der Waals surface area contributed by atoms with Gasteiger partial charge in [-0.25, -0.2) is 0 Å². The molecule has 2 aromatic rings. The van der Waals surface area contributed by atoms with Gasteiger partial charge in [0.05, 0.1) is 0 Å². The van der Waals surface area contributed by atoms with E-state index in [4.69, 9.17) is 4.42 Å². The van der Waals surface area contributed by atoms with E-state index >= 15 is 0 Å². The van der Waals surface area contributed by atoms with Crippen molar-refractivity contribution in [1.29, 1.82) is 0 Å². The first-order chi connectivity index (χ1) is 14.1. The number of fused-ring (bicyclic) bond motifs is 2. The molecule has 0 saturated carbocycles. The van der Waals surface area contributed by atoms with Crippen molar-refractivity contribution >= 4 is 47.7 Å². The maximum atomic E-state index is 13.0. The summed E-state index contributed by atoms with van der Waals surface area (Å²) in [6, 6.07) is 16.5. The van der Waals surface area contributed by atoms with Crippen molar-refractivity contribution < 1.29 is 4.42 Å². The van der Waals surface area contributed by atoms with Crippen molar-refractivity contribution in [3.8, 4) is 22.5 Å². The van der Waals surface area contributed by atoms with Crippen molar-refractivity contribution in [2.45, 2.75) is 20.8 Å². The fourth-order valence-corrected chi connectivity index (χ4v) is 18.7. The van der Waals surface area contributed by atoms with Crippen molar-refractivity contribution in [2.75, 3.05) is 11.5 Å². The predicted molar refractivity (Wildman–Crippen MR) is 129 cm³/mol. The quantitative estimate of drug-likeness (QED) is 0.273. The number of aryl methyl sites for hydroxylation is 2. The van der Waals surface area contributed by atoms with E-state index in [1.54, 1.807) is 6.07 Å². The molecule has 29 heavy (non-hydrogen) atoms. The molecular weight excluding hydrogens is 459 g/mol. The molecular formula is C24H21AsO2S2. The SMILES string of the molecule is Cc1cc2c(-c3ccccc3)c3ccc(=O)c([As]4SCCS4)c-3oc2c(C)c1C. The minimum absolute atomic E-state index is 0.142. The molecule has 146 valence electrons. The van der Waals surface area contributed by atoms with Gasteiger partial charge >= 0.3 is 182 Å². The monoisotopic (exact) mass is 480 g/mol. The van der Waals surface area contributed by atoms with Gasteiger partial charge in [-0.2, -0.15) is 0 Å². The summed E-state index contributed by atoms with van der Waals surface area (Å²) in [5.41, 5.74) is 8.13. The van der Waals surface area contributed by atoms with Crippen LogP contribution in [0.25, 0.3) is 33.4 Å². The summed E-state index contributed by atoms with van der Waals surface area (Å²) in [6.07, 6.45) is 0. The van der Waals surface area contributed by atoms with Gasteiger partial charge in [0.1, 0.15) is 0 Å². The summed E-state index contributed by atoms with van der Waals surface area (Å²) in [6.45, 7) is 6.44. The summed E-state index contributed by atoms with van der Waals surface area (Å²) in [5, 5.41) is 1.13. The fraction of sp³-hybridized carbons (Fsp3) is 0.208. The van der Waals surface area contributed by atoms with E-state index in [2.05, 4.69) is 51.1 Å². The maximum absolute atomic E-state index is 13.0. The summed E-state index contributed by atoms with van der Waals surface area (Å²) in [4.78, 5) is 13.0. The number of hydrogen-bond donors (Lipinski definition) is 0. The molecule has 0 N–H and O–H groups in total. The van der Waals surface area contributed by atoms with Gasteiger partial charge in [-0.15, -0.1) is 0 Å². The van der Waals surface area contributed by atoms with Gasteiger partial charge in [-0.1, -0.05) is 0 Å². The molecule has 3 aliphatic rings. The first-order valence-electron chi connectivity index (χ1n) is 9.68. The Labute approximate surface area is 181 Å². The van der Waals surface area contributed by atoms with Crippen LogP contribution in [0.4, 0.5) is 0 Å². The van der Waals surface area contributed by atoms with E-state index in [-0.39, 0.29) is 5.43 Å². The fourth-order valence-electron chi connectivity index (χ4n) is 3.97. The number of benzene rings is 3. The van der Waals surface area contributed by atoms with E-state index in [0.29, 0.717) is 0 Å². The zero-order valence-corrected chi connectivity index (χ0v) is 20.1. The standard InChI is InChI=1S/C24H21AsO2S2/c1-14-13-19-21(17-7-5-4-6-8-17)18-9-10-20(26)22(25-28-11-12-29-25)24(18)27-23(19)16(3)15(14)2/h4-10,13H,11-12H2,1-3H3. The molecule has 0 amide bonds. The molecule has 1 saturated heterocycles. The van der Waals surface area contributed by atoms with Crippen LogP contribution in [-0.4, -0.2) is 23.8 Å². The first-order valence-corrected chi connectivity index (χ1v) is 17.1. The zero-order valence-electron chi connectivity index (χ0n) is 16.6. The molecule has 2 aromatic carbocycles. The van der Waals surface area contributed by atoms with Gasteiger partial charge in [0.15, 0.2) is 0 Å². The van der Waals surface area contributed by atoms with Gasteiger partial charge < -0.3 is 0 Å². The van der Waals surface area contributed by atoms with Crippen LogP contribution in [0.3, 0.4) is 0 Å². The van der Waals surface area contributed by atoms with Crippen molar-refractivity contribution in [3.05, 3.63) is 75.4 Å². The Bertz CT molecular complexity index is 1260. The van der Waals surface area contributed by atoms with Crippen LogP contribution in [-0.2, 0) is 0 Å². The van der Waals surface area contributed by atoms with Crippen LogP contribution >= 0.6 is 20.0 Å². The molecule has 5 heteroatoms. The second kappa shape index (κ2) is 7.57. The molecule has 0 unspecified atom stereocenters. The molecule has 1 aliphatic carbocycles. The molecule has 0 aromatic heterocycles. The van der Waals surface area contributed by atoms with Crippen LogP contribution in [0.5, 0.6) is 0 Å². The molecule has 0 spiro atoms. The molecule has 2 aliphatic heterocycles. The molecule has 2 heterocycles. The molecule has 0 radical (unpaired) electrons. The third-order valence-corrected chi connectivity index (χ3v) is 19.3. The molecule has 0 atom stereocenters. The Hall–Kier alpha value is -1.61. The molecule has 2 nitrogen and oxygen atoms in total. The predicted octanol–water partition coefficient (Wildman–Crippen LogP) is 5.67. The van der Waals surface area contributed by atoms with E-state index in [9.17, 15) is 4.79 Å². The van der Waals surface area contributed by atoms with E-state index in [1.165, 1.54) is 22.3 Å². The molecule has 1 fully saturated rings. The molecule has 5 rings (SSSR count). The van der Waals surface area contributed by atoms with Crippen molar-refractivity contribution in [1.82, 2.24) is 0 Å². The second-order valence-corrected chi connectivity index (χ2v) is 19.0. The normalized spacial score (nSPS) is 14.9. The Kier molecular flexibility index (Phi) is 5.06. The van der Waals surface area contributed by atoms with Gasteiger partial charge in [0.25, 0.3) is 0 Å². The van der Waals surface area contributed by atoms with E-state index in [1.807, 2.05) is 32.2 Å². The topological polar surface area (TPSA) is 30.2 Å². The second-order valence-electron chi connectivity index (χ2n) is 7.38. The summed E-state index contributed by atoms with van der Waals surface area (Å²) in [7, 11) is 3.98. The molecule has 0 bridgehead atoms.